The zero-order valence-corrected chi connectivity index (χ0v) is 17.0. The van der Waals surface area contributed by atoms with Crippen LogP contribution in [0.25, 0.3) is 12.2 Å². The summed E-state index contributed by atoms with van der Waals surface area (Å²) in [4.78, 5) is 24.1. The number of nitrogens with zero attached hydrogens (tertiary/aromatic N) is 1. The predicted octanol–water partition coefficient (Wildman–Crippen LogP) is 4.18. The molecule has 152 valence electrons. The van der Waals surface area contributed by atoms with Gasteiger partial charge >= 0.3 is 5.97 Å². The van der Waals surface area contributed by atoms with E-state index in [1.807, 2.05) is 6.07 Å². The molecule has 0 unspecified atom stereocenters. The van der Waals surface area contributed by atoms with Gasteiger partial charge in [-0.3, -0.25) is 4.79 Å². The molecular formula is C23H19ClN2O4. The molecule has 0 spiro atoms. The van der Waals surface area contributed by atoms with Gasteiger partial charge in [0, 0.05) is 17.6 Å². The minimum absolute atomic E-state index is 0.0745. The van der Waals surface area contributed by atoms with Crippen LogP contribution in [0.15, 0.2) is 66.8 Å². The van der Waals surface area contributed by atoms with Crippen LogP contribution in [-0.2, 0) is 9.59 Å². The SMILES string of the molecule is C=CCNC(=O)C(C#N)=Cc1ccc(OC(=O)C=Cc2ccc(Cl)cc2)c(OC)c1. The molecule has 2 aromatic carbocycles. The van der Waals surface area contributed by atoms with Crippen molar-refractivity contribution in [1.82, 2.24) is 5.32 Å². The van der Waals surface area contributed by atoms with Crippen LogP contribution in [0.2, 0.25) is 5.02 Å². The highest BCUT2D eigenvalue weighted by Gasteiger charge is 2.11. The Balaban J connectivity index is 2.14. The van der Waals surface area contributed by atoms with Gasteiger partial charge in [0.2, 0.25) is 0 Å². The topological polar surface area (TPSA) is 88.4 Å². The number of carbonyl (C=O) groups excluding carboxylic acids is 2. The van der Waals surface area contributed by atoms with Crippen LogP contribution in [0.4, 0.5) is 0 Å². The number of nitrogens with one attached hydrogen (secondary N) is 1. The quantitative estimate of drug-likeness (QED) is 0.227. The maximum atomic E-state index is 12.1. The smallest absolute Gasteiger partial charge is 0.336 e. The Morgan fingerprint density at radius 3 is 2.50 bits per heavy atom. The van der Waals surface area contributed by atoms with E-state index in [1.54, 1.807) is 42.5 Å². The maximum absolute atomic E-state index is 12.1. The van der Waals surface area contributed by atoms with Crippen LogP contribution >= 0.6 is 11.6 Å². The van der Waals surface area contributed by atoms with E-state index in [4.69, 9.17) is 21.1 Å². The van der Waals surface area contributed by atoms with Crippen LogP contribution in [0, 0.1) is 11.3 Å². The van der Waals surface area contributed by atoms with E-state index in [9.17, 15) is 14.9 Å². The standard InChI is InChI=1S/C23H19ClN2O4/c1-3-12-26-23(28)18(15-25)13-17-6-10-20(21(14-17)29-2)30-22(27)11-7-16-4-8-19(24)9-5-16/h3-11,13-14H,1,12H2,2H3,(H,26,28). The summed E-state index contributed by atoms with van der Waals surface area (Å²) in [6, 6.07) is 13.5. The molecule has 0 saturated heterocycles. The molecule has 1 amide bonds. The Bertz CT molecular complexity index is 1030. The number of amides is 1. The van der Waals surface area contributed by atoms with E-state index in [-0.39, 0.29) is 23.6 Å². The first-order valence-corrected chi connectivity index (χ1v) is 9.19. The molecule has 0 fully saturated rings. The average Bonchev–Trinajstić information content (AvgIpc) is 2.76. The van der Waals surface area contributed by atoms with Gasteiger partial charge in [-0.1, -0.05) is 35.9 Å². The first-order valence-electron chi connectivity index (χ1n) is 8.81. The Kier molecular flexibility index (Phi) is 8.42. The van der Waals surface area contributed by atoms with Crippen molar-refractivity contribution in [3.8, 4) is 17.6 Å². The Hall–Kier alpha value is -3.82. The minimum atomic E-state index is -0.590. The lowest BCUT2D eigenvalue weighted by Gasteiger charge is -2.09. The fraction of sp³-hybridized carbons (Fsp3) is 0.0870. The number of hydrogen-bond acceptors (Lipinski definition) is 5. The molecule has 0 atom stereocenters. The number of halogens is 1. The van der Waals surface area contributed by atoms with Crippen molar-refractivity contribution in [2.24, 2.45) is 0 Å². The minimum Gasteiger partial charge on any atom is -0.493 e. The van der Waals surface area contributed by atoms with Crippen molar-refractivity contribution in [2.45, 2.75) is 0 Å². The van der Waals surface area contributed by atoms with Crippen molar-refractivity contribution < 1.29 is 19.1 Å². The third kappa shape index (κ3) is 6.66. The van der Waals surface area contributed by atoms with Gasteiger partial charge in [0.05, 0.1) is 7.11 Å². The highest BCUT2D eigenvalue weighted by Crippen LogP contribution is 2.29. The van der Waals surface area contributed by atoms with Gasteiger partial charge in [-0.05, 0) is 47.5 Å². The molecule has 2 rings (SSSR count). The summed E-state index contributed by atoms with van der Waals surface area (Å²) >= 11 is 5.83. The Morgan fingerprint density at radius 2 is 1.87 bits per heavy atom. The molecular weight excluding hydrogens is 404 g/mol. The molecule has 0 aliphatic carbocycles. The van der Waals surface area contributed by atoms with E-state index in [2.05, 4.69) is 11.9 Å². The Morgan fingerprint density at radius 1 is 1.17 bits per heavy atom. The number of nitriles is 1. The van der Waals surface area contributed by atoms with Crippen LogP contribution in [0.3, 0.4) is 0 Å². The molecule has 0 radical (unpaired) electrons. The largest absolute Gasteiger partial charge is 0.493 e. The summed E-state index contributed by atoms with van der Waals surface area (Å²) in [7, 11) is 1.42. The summed E-state index contributed by atoms with van der Waals surface area (Å²) < 4.78 is 10.6. The molecule has 1 N–H and O–H groups in total. The fourth-order valence-electron chi connectivity index (χ4n) is 2.31. The number of benzene rings is 2. The first kappa shape index (κ1) is 22.5. The van der Waals surface area contributed by atoms with Crippen molar-refractivity contribution in [1.29, 1.82) is 5.26 Å². The average molecular weight is 423 g/mol. The van der Waals surface area contributed by atoms with Crippen molar-refractivity contribution in [3.05, 3.63) is 82.9 Å². The van der Waals surface area contributed by atoms with Crippen LogP contribution in [-0.4, -0.2) is 25.5 Å². The normalized spacial score (nSPS) is 10.9. The monoisotopic (exact) mass is 422 g/mol. The zero-order valence-electron chi connectivity index (χ0n) is 16.2. The lowest BCUT2D eigenvalue weighted by molar-refractivity contribution is -0.129. The van der Waals surface area contributed by atoms with Gasteiger partial charge in [-0.25, -0.2) is 4.79 Å². The first-order chi connectivity index (χ1) is 14.5. The van der Waals surface area contributed by atoms with E-state index in [1.165, 1.54) is 31.4 Å². The number of ether oxygens (including phenoxy) is 2. The molecule has 0 bridgehead atoms. The lowest BCUT2D eigenvalue weighted by atomic mass is 10.1. The number of rotatable bonds is 8. The number of esters is 1. The van der Waals surface area contributed by atoms with Gasteiger partial charge in [0.25, 0.3) is 5.91 Å². The molecule has 0 aliphatic rings. The molecule has 6 nitrogen and oxygen atoms in total. The second-order valence-electron chi connectivity index (χ2n) is 5.88. The molecule has 2 aromatic rings. The van der Waals surface area contributed by atoms with Crippen molar-refractivity contribution in [3.63, 3.8) is 0 Å². The van der Waals surface area contributed by atoms with E-state index >= 15 is 0 Å². The summed E-state index contributed by atoms with van der Waals surface area (Å²) in [5.74, 6) is -0.622. The van der Waals surface area contributed by atoms with Crippen LogP contribution < -0.4 is 14.8 Å². The lowest BCUT2D eigenvalue weighted by Crippen LogP contribution is -2.24. The predicted molar refractivity (Wildman–Crippen MR) is 116 cm³/mol. The van der Waals surface area contributed by atoms with Gasteiger partial charge in [-0.2, -0.15) is 5.26 Å². The van der Waals surface area contributed by atoms with Gasteiger partial charge < -0.3 is 14.8 Å². The van der Waals surface area contributed by atoms with Gasteiger partial charge in [-0.15, -0.1) is 6.58 Å². The number of carbonyl (C=O) groups is 2. The highest BCUT2D eigenvalue weighted by atomic mass is 35.5. The third-order valence-corrected chi connectivity index (χ3v) is 4.02. The van der Waals surface area contributed by atoms with E-state index in [0.717, 1.165) is 5.56 Å². The molecule has 0 heterocycles. The van der Waals surface area contributed by atoms with Gasteiger partial charge in [0.15, 0.2) is 11.5 Å². The fourth-order valence-corrected chi connectivity index (χ4v) is 2.44. The summed E-state index contributed by atoms with van der Waals surface area (Å²) in [6.07, 6.45) is 5.81. The number of methoxy groups -OCH3 is 1. The molecule has 0 saturated carbocycles. The number of hydrogen-bond donors (Lipinski definition) is 1. The zero-order chi connectivity index (χ0) is 21.9. The van der Waals surface area contributed by atoms with Crippen LogP contribution in [0.5, 0.6) is 11.5 Å². The van der Waals surface area contributed by atoms with Crippen LogP contribution in [0.1, 0.15) is 11.1 Å². The van der Waals surface area contributed by atoms with E-state index in [0.29, 0.717) is 10.6 Å². The molecule has 0 aromatic heterocycles. The highest BCUT2D eigenvalue weighted by molar-refractivity contribution is 6.30. The summed E-state index contributed by atoms with van der Waals surface area (Å²) in [6.45, 7) is 3.76. The second kappa shape index (κ2) is 11.2. The Labute approximate surface area is 179 Å². The third-order valence-electron chi connectivity index (χ3n) is 3.76. The summed E-state index contributed by atoms with van der Waals surface area (Å²) in [5, 5.41) is 12.3. The molecule has 0 aliphatic heterocycles. The second-order valence-corrected chi connectivity index (χ2v) is 6.32. The van der Waals surface area contributed by atoms with Gasteiger partial charge in [0.1, 0.15) is 11.6 Å². The molecule has 30 heavy (non-hydrogen) atoms. The van der Waals surface area contributed by atoms with Crippen molar-refractivity contribution in [2.75, 3.05) is 13.7 Å². The van der Waals surface area contributed by atoms with E-state index < -0.39 is 11.9 Å². The van der Waals surface area contributed by atoms with Crippen molar-refractivity contribution >= 4 is 35.6 Å². The molecule has 7 heteroatoms. The summed E-state index contributed by atoms with van der Waals surface area (Å²) in [5.41, 5.74) is 1.26. The maximum Gasteiger partial charge on any atom is 0.336 e.